The Labute approximate surface area is 282 Å². The van der Waals surface area contributed by atoms with Gasteiger partial charge in [0.05, 0.1) is 5.69 Å². The number of nitrogens with zero attached hydrogens (tertiary/aromatic N) is 1. The summed E-state index contributed by atoms with van der Waals surface area (Å²) < 4.78 is 13.2. The van der Waals surface area contributed by atoms with Crippen molar-refractivity contribution in [1.29, 1.82) is 0 Å². The minimum Gasteiger partial charge on any atom is -0.455 e. The lowest BCUT2D eigenvalue weighted by molar-refractivity contribution is 0.669. The second kappa shape index (κ2) is 11.0. The summed E-state index contributed by atoms with van der Waals surface area (Å²) in [5, 5.41) is 6.81. The first-order valence-electron chi connectivity index (χ1n) is 16.6. The maximum Gasteiger partial charge on any atom is 0.160 e. The molecule has 2 heterocycles. The Bertz CT molecular complexity index is 2830. The number of benzene rings is 8. The fraction of sp³-hybridized carbons (Fsp3) is 0. The van der Waals surface area contributed by atoms with E-state index in [4.69, 9.17) is 8.83 Å². The van der Waals surface area contributed by atoms with Crippen LogP contribution >= 0.6 is 0 Å². The minimum atomic E-state index is 0.858. The van der Waals surface area contributed by atoms with Crippen LogP contribution in [-0.2, 0) is 0 Å². The van der Waals surface area contributed by atoms with Crippen LogP contribution in [0, 0.1) is 0 Å². The van der Waals surface area contributed by atoms with Gasteiger partial charge in [-0.3, -0.25) is 0 Å². The molecule has 0 aliphatic rings. The molecule has 0 amide bonds. The Morgan fingerprint density at radius 2 is 0.980 bits per heavy atom. The Morgan fingerprint density at radius 3 is 1.82 bits per heavy atom. The summed E-state index contributed by atoms with van der Waals surface area (Å²) in [7, 11) is 0. The Morgan fingerprint density at radius 1 is 0.367 bits per heavy atom. The van der Waals surface area contributed by atoms with Crippen LogP contribution in [0.3, 0.4) is 0 Å². The summed E-state index contributed by atoms with van der Waals surface area (Å²) in [6.45, 7) is 0. The van der Waals surface area contributed by atoms with E-state index in [2.05, 4.69) is 163 Å². The molecule has 0 saturated carbocycles. The Hall–Kier alpha value is -6.58. The average Bonchev–Trinajstić information content (AvgIpc) is 3.75. The molecular weight excluding hydrogens is 599 g/mol. The summed E-state index contributed by atoms with van der Waals surface area (Å²) >= 11 is 0. The quantitative estimate of drug-likeness (QED) is 0.190. The van der Waals surface area contributed by atoms with Crippen molar-refractivity contribution in [2.24, 2.45) is 0 Å². The maximum atomic E-state index is 6.76. The van der Waals surface area contributed by atoms with Gasteiger partial charge in [0.1, 0.15) is 16.7 Å². The number of anilines is 3. The predicted octanol–water partition coefficient (Wildman–Crippen LogP) is 13.4. The number of rotatable bonds is 5. The Kier molecular flexibility index (Phi) is 6.18. The molecule has 2 aromatic heterocycles. The molecule has 3 heteroatoms. The standard InChI is InChI=1S/C46H29NO2/c1-2-12-30(13-3-1)31-24-26-34(27-25-31)47(41-29-33-14-4-5-17-36(33)44-40-19-7-9-23-43(40)49-46(41)44)35-16-10-15-32(28-35)37-20-11-21-39-38-18-6-8-22-42(38)48-45(37)39/h1-29H. The molecule has 0 atom stereocenters. The van der Waals surface area contributed by atoms with E-state index in [9.17, 15) is 0 Å². The highest BCUT2D eigenvalue weighted by molar-refractivity contribution is 6.23. The zero-order chi connectivity index (χ0) is 32.3. The zero-order valence-electron chi connectivity index (χ0n) is 26.5. The van der Waals surface area contributed by atoms with Gasteiger partial charge in [0.2, 0.25) is 0 Å². The van der Waals surface area contributed by atoms with E-state index in [1.807, 2.05) is 18.2 Å². The molecule has 3 nitrogen and oxygen atoms in total. The van der Waals surface area contributed by atoms with Crippen molar-refractivity contribution in [1.82, 2.24) is 0 Å². The zero-order valence-corrected chi connectivity index (χ0v) is 26.5. The SMILES string of the molecule is c1ccc(-c2ccc(N(c3cccc(-c4cccc5c4oc4ccccc45)c3)c3cc4ccccc4c4c3oc3ccccc34)cc2)cc1. The number of hydrogen-bond donors (Lipinski definition) is 0. The van der Waals surface area contributed by atoms with Gasteiger partial charge in [0, 0.05) is 38.5 Å². The first kappa shape index (κ1) is 27.5. The number of hydrogen-bond acceptors (Lipinski definition) is 3. The second-order valence-electron chi connectivity index (χ2n) is 12.5. The number of furan rings is 2. The molecule has 0 unspecified atom stereocenters. The maximum absolute atomic E-state index is 6.76. The van der Waals surface area contributed by atoms with Gasteiger partial charge in [-0.15, -0.1) is 0 Å². The van der Waals surface area contributed by atoms with E-state index < -0.39 is 0 Å². The summed E-state index contributed by atoms with van der Waals surface area (Å²) in [5.41, 5.74) is 11.1. The molecule has 8 aromatic carbocycles. The molecule has 49 heavy (non-hydrogen) atoms. The van der Waals surface area contributed by atoms with Crippen LogP contribution in [0.4, 0.5) is 17.1 Å². The third kappa shape index (κ3) is 4.44. The fourth-order valence-corrected chi connectivity index (χ4v) is 7.37. The largest absolute Gasteiger partial charge is 0.455 e. The molecule has 0 radical (unpaired) electrons. The van der Waals surface area contributed by atoms with E-state index in [0.29, 0.717) is 0 Å². The van der Waals surface area contributed by atoms with Crippen molar-refractivity contribution in [3.63, 3.8) is 0 Å². The summed E-state index contributed by atoms with van der Waals surface area (Å²) in [6.07, 6.45) is 0. The molecule has 10 aromatic rings. The highest BCUT2D eigenvalue weighted by Gasteiger charge is 2.22. The van der Waals surface area contributed by atoms with Crippen LogP contribution in [0.1, 0.15) is 0 Å². The van der Waals surface area contributed by atoms with Gasteiger partial charge >= 0.3 is 0 Å². The van der Waals surface area contributed by atoms with Crippen molar-refractivity contribution in [3.8, 4) is 22.3 Å². The highest BCUT2D eigenvalue weighted by Crippen LogP contribution is 2.46. The van der Waals surface area contributed by atoms with Crippen molar-refractivity contribution in [2.75, 3.05) is 4.90 Å². The average molecular weight is 628 g/mol. The minimum absolute atomic E-state index is 0.858. The molecule has 10 rings (SSSR count). The van der Waals surface area contributed by atoms with Gasteiger partial charge in [0.15, 0.2) is 5.58 Å². The molecular formula is C46H29NO2. The third-order valence-corrected chi connectivity index (χ3v) is 9.64. The lowest BCUT2D eigenvalue weighted by Gasteiger charge is -2.27. The monoisotopic (exact) mass is 627 g/mol. The summed E-state index contributed by atoms with van der Waals surface area (Å²) in [4.78, 5) is 2.33. The molecule has 0 fully saturated rings. The van der Waals surface area contributed by atoms with E-state index in [1.54, 1.807) is 0 Å². The lowest BCUT2D eigenvalue weighted by atomic mass is 9.99. The van der Waals surface area contributed by atoms with Crippen LogP contribution in [0.25, 0.3) is 76.9 Å². The van der Waals surface area contributed by atoms with E-state index >= 15 is 0 Å². The van der Waals surface area contributed by atoms with Crippen molar-refractivity contribution in [2.45, 2.75) is 0 Å². The van der Waals surface area contributed by atoms with Crippen LogP contribution in [0.5, 0.6) is 0 Å². The van der Waals surface area contributed by atoms with Crippen molar-refractivity contribution >= 4 is 71.7 Å². The van der Waals surface area contributed by atoms with Gasteiger partial charge in [-0.25, -0.2) is 0 Å². The molecule has 230 valence electrons. The van der Waals surface area contributed by atoms with Crippen LogP contribution in [0.2, 0.25) is 0 Å². The highest BCUT2D eigenvalue weighted by atomic mass is 16.3. The molecule has 0 aliphatic heterocycles. The van der Waals surface area contributed by atoms with Gasteiger partial charge in [0.25, 0.3) is 0 Å². The molecule has 0 aliphatic carbocycles. The summed E-state index contributed by atoms with van der Waals surface area (Å²) in [5.74, 6) is 0. The number of fused-ring (bicyclic) bond motifs is 8. The lowest BCUT2D eigenvalue weighted by Crippen LogP contribution is -2.10. The Balaban J connectivity index is 1.23. The molecule has 0 spiro atoms. The van der Waals surface area contributed by atoms with Crippen LogP contribution in [-0.4, -0.2) is 0 Å². The van der Waals surface area contributed by atoms with Crippen LogP contribution < -0.4 is 4.90 Å². The first-order chi connectivity index (χ1) is 24.3. The normalized spacial score (nSPS) is 11.7. The molecule has 0 saturated heterocycles. The number of para-hydroxylation sites is 3. The molecule has 0 bridgehead atoms. The van der Waals surface area contributed by atoms with Crippen molar-refractivity contribution < 1.29 is 8.83 Å². The smallest absolute Gasteiger partial charge is 0.160 e. The van der Waals surface area contributed by atoms with Gasteiger partial charge in [-0.1, -0.05) is 133 Å². The predicted molar refractivity (Wildman–Crippen MR) is 204 cm³/mol. The van der Waals surface area contributed by atoms with Gasteiger partial charge in [-0.2, -0.15) is 0 Å². The third-order valence-electron chi connectivity index (χ3n) is 9.64. The summed E-state index contributed by atoms with van der Waals surface area (Å²) in [6, 6.07) is 61.9. The molecule has 0 N–H and O–H groups in total. The van der Waals surface area contributed by atoms with Crippen LogP contribution in [0.15, 0.2) is 185 Å². The fourth-order valence-electron chi connectivity index (χ4n) is 7.37. The van der Waals surface area contributed by atoms with E-state index in [-0.39, 0.29) is 0 Å². The van der Waals surface area contributed by atoms with Crippen molar-refractivity contribution in [3.05, 3.63) is 176 Å². The van der Waals surface area contributed by atoms with E-state index in [0.717, 1.165) is 77.5 Å². The first-order valence-corrected chi connectivity index (χ1v) is 16.6. The second-order valence-corrected chi connectivity index (χ2v) is 12.5. The topological polar surface area (TPSA) is 29.5 Å². The van der Waals surface area contributed by atoms with Gasteiger partial charge < -0.3 is 13.7 Å². The van der Waals surface area contributed by atoms with Gasteiger partial charge in [-0.05, 0) is 69.9 Å². The van der Waals surface area contributed by atoms with E-state index in [1.165, 1.54) is 16.5 Å².